The summed E-state index contributed by atoms with van der Waals surface area (Å²) < 4.78 is 0. The molecule has 1 aliphatic heterocycles. The summed E-state index contributed by atoms with van der Waals surface area (Å²) in [6, 6.07) is 6.88. The van der Waals surface area contributed by atoms with Gasteiger partial charge in [-0.2, -0.15) is 0 Å². The maximum absolute atomic E-state index is 12.6. The van der Waals surface area contributed by atoms with Crippen molar-refractivity contribution in [3.63, 3.8) is 0 Å². The Morgan fingerprint density at radius 1 is 1.40 bits per heavy atom. The van der Waals surface area contributed by atoms with Crippen molar-refractivity contribution < 1.29 is 9.59 Å². The zero-order valence-electron chi connectivity index (χ0n) is 11.9. The van der Waals surface area contributed by atoms with Gasteiger partial charge in [0.25, 0.3) is 0 Å². The number of piperazine rings is 1. The molecule has 0 aromatic heterocycles. The molecule has 20 heavy (non-hydrogen) atoms. The number of nitrogens with one attached hydrogen (secondary N) is 1. The van der Waals surface area contributed by atoms with Gasteiger partial charge in [-0.25, -0.2) is 0 Å². The number of hydrogen-bond acceptors (Lipinski definition) is 2. The summed E-state index contributed by atoms with van der Waals surface area (Å²) in [7, 11) is 0. The van der Waals surface area contributed by atoms with Gasteiger partial charge >= 0.3 is 0 Å². The third kappa shape index (κ3) is 2.66. The Balaban J connectivity index is 2.28. The molecule has 0 spiro atoms. The van der Waals surface area contributed by atoms with Crippen LogP contribution >= 0.6 is 11.6 Å². The summed E-state index contributed by atoms with van der Waals surface area (Å²) in [6.07, 6.45) is 0.566. The molecule has 0 saturated carbocycles. The molecule has 1 fully saturated rings. The van der Waals surface area contributed by atoms with Crippen LogP contribution in [0.1, 0.15) is 32.8 Å². The van der Waals surface area contributed by atoms with Crippen LogP contribution in [0.5, 0.6) is 0 Å². The molecule has 5 heteroatoms. The highest BCUT2D eigenvalue weighted by Gasteiger charge is 2.45. The lowest BCUT2D eigenvalue weighted by atomic mass is 9.92. The lowest BCUT2D eigenvalue weighted by Crippen LogP contribution is -2.68. The van der Waals surface area contributed by atoms with Crippen molar-refractivity contribution in [2.45, 2.75) is 45.3 Å². The lowest BCUT2D eigenvalue weighted by Gasteiger charge is -2.43. The van der Waals surface area contributed by atoms with Crippen LogP contribution in [-0.2, 0) is 16.1 Å². The predicted molar refractivity (Wildman–Crippen MR) is 78.3 cm³/mol. The highest BCUT2D eigenvalue weighted by atomic mass is 35.5. The minimum atomic E-state index is -0.817. The van der Waals surface area contributed by atoms with Crippen LogP contribution < -0.4 is 5.32 Å². The standard InChI is InChI=1S/C15H19ClN2O2/c1-4-15(3)14(20)18(10(2)13(19)17-15)9-11-6-5-7-12(16)8-11/h5-8,10H,4,9H2,1-3H3,(H,17,19). The van der Waals surface area contributed by atoms with Gasteiger partial charge in [0.1, 0.15) is 11.6 Å². The second-order valence-corrected chi connectivity index (χ2v) is 5.85. The number of amides is 2. The number of halogens is 1. The molecule has 1 aromatic carbocycles. The molecule has 2 amide bonds. The first-order valence-corrected chi connectivity index (χ1v) is 7.12. The molecular weight excluding hydrogens is 276 g/mol. The van der Waals surface area contributed by atoms with Crippen LogP contribution in [0, 0.1) is 0 Å². The SMILES string of the molecule is CCC1(C)NC(=O)C(C)N(Cc2cccc(Cl)c2)C1=O. The molecule has 108 valence electrons. The van der Waals surface area contributed by atoms with Crippen molar-refractivity contribution in [1.82, 2.24) is 10.2 Å². The van der Waals surface area contributed by atoms with E-state index in [4.69, 9.17) is 11.6 Å². The predicted octanol–water partition coefficient (Wildman–Crippen LogP) is 2.36. The summed E-state index contributed by atoms with van der Waals surface area (Å²) in [4.78, 5) is 26.3. The maximum atomic E-state index is 12.6. The summed E-state index contributed by atoms with van der Waals surface area (Å²) in [5, 5.41) is 3.44. The molecular formula is C15H19ClN2O2. The summed E-state index contributed by atoms with van der Waals surface area (Å²) in [5.41, 5.74) is 0.105. The second kappa shape index (κ2) is 5.44. The Morgan fingerprint density at radius 3 is 2.70 bits per heavy atom. The first-order chi connectivity index (χ1) is 9.37. The van der Waals surface area contributed by atoms with E-state index >= 15 is 0 Å². The van der Waals surface area contributed by atoms with Crippen LogP contribution in [0.25, 0.3) is 0 Å². The molecule has 1 N–H and O–H groups in total. The second-order valence-electron chi connectivity index (χ2n) is 5.41. The molecule has 0 radical (unpaired) electrons. The molecule has 4 nitrogen and oxygen atoms in total. The van der Waals surface area contributed by atoms with Gasteiger partial charge in [0.05, 0.1) is 0 Å². The molecule has 0 aliphatic carbocycles. The largest absolute Gasteiger partial charge is 0.340 e. The van der Waals surface area contributed by atoms with Crippen LogP contribution in [0.4, 0.5) is 0 Å². The van der Waals surface area contributed by atoms with E-state index in [0.29, 0.717) is 18.0 Å². The van der Waals surface area contributed by atoms with Crippen LogP contribution in [0.3, 0.4) is 0 Å². The quantitative estimate of drug-likeness (QED) is 0.930. The minimum Gasteiger partial charge on any atom is -0.340 e. The van der Waals surface area contributed by atoms with Crippen molar-refractivity contribution in [3.8, 4) is 0 Å². The molecule has 1 aliphatic rings. The van der Waals surface area contributed by atoms with Gasteiger partial charge in [-0.1, -0.05) is 30.7 Å². The molecule has 2 atom stereocenters. The lowest BCUT2D eigenvalue weighted by molar-refractivity contribution is -0.154. The van der Waals surface area contributed by atoms with Crippen molar-refractivity contribution in [2.24, 2.45) is 0 Å². The molecule has 1 aromatic rings. The Kier molecular flexibility index (Phi) is 4.04. The summed E-state index contributed by atoms with van der Waals surface area (Å²) >= 11 is 5.96. The number of rotatable bonds is 3. The maximum Gasteiger partial charge on any atom is 0.248 e. The van der Waals surface area contributed by atoms with Gasteiger partial charge in [0, 0.05) is 11.6 Å². The Morgan fingerprint density at radius 2 is 2.10 bits per heavy atom. The Labute approximate surface area is 124 Å². The Hall–Kier alpha value is -1.55. The van der Waals surface area contributed by atoms with Gasteiger partial charge in [-0.05, 0) is 38.0 Å². The molecule has 0 bridgehead atoms. The summed E-state index contributed by atoms with van der Waals surface area (Å²) in [5.74, 6) is -0.164. The zero-order chi connectivity index (χ0) is 14.9. The first kappa shape index (κ1) is 14.9. The first-order valence-electron chi connectivity index (χ1n) is 6.75. The fourth-order valence-corrected chi connectivity index (χ4v) is 2.56. The van der Waals surface area contributed by atoms with E-state index in [1.54, 1.807) is 24.8 Å². The average Bonchev–Trinajstić information content (AvgIpc) is 2.41. The monoisotopic (exact) mass is 294 g/mol. The van der Waals surface area contributed by atoms with Crippen LogP contribution in [-0.4, -0.2) is 28.3 Å². The van der Waals surface area contributed by atoms with E-state index in [1.165, 1.54) is 0 Å². The number of nitrogens with zero attached hydrogens (tertiary/aromatic N) is 1. The summed E-state index contributed by atoms with van der Waals surface area (Å²) in [6.45, 7) is 5.80. The van der Waals surface area contributed by atoms with Crippen molar-refractivity contribution in [3.05, 3.63) is 34.9 Å². The van der Waals surface area contributed by atoms with Crippen molar-refractivity contribution in [1.29, 1.82) is 0 Å². The van der Waals surface area contributed by atoms with E-state index in [1.807, 2.05) is 25.1 Å². The van der Waals surface area contributed by atoms with E-state index in [2.05, 4.69) is 5.32 Å². The number of hydrogen-bond donors (Lipinski definition) is 1. The number of carbonyl (C=O) groups is 2. The van der Waals surface area contributed by atoms with E-state index in [-0.39, 0.29) is 11.8 Å². The normalized spacial score (nSPS) is 26.6. The fourth-order valence-electron chi connectivity index (χ4n) is 2.34. The zero-order valence-corrected chi connectivity index (χ0v) is 12.7. The smallest absolute Gasteiger partial charge is 0.248 e. The average molecular weight is 295 g/mol. The van der Waals surface area contributed by atoms with Gasteiger partial charge in [0.15, 0.2) is 0 Å². The number of carbonyl (C=O) groups excluding carboxylic acids is 2. The minimum absolute atomic E-state index is 0.0490. The molecule has 1 saturated heterocycles. The molecule has 2 unspecified atom stereocenters. The van der Waals surface area contributed by atoms with Crippen LogP contribution in [0.15, 0.2) is 24.3 Å². The highest BCUT2D eigenvalue weighted by Crippen LogP contribution is 2.24. The van der Waals surface area contributed by atoms with Crippen LogP contribution in [0.2, 0.25) is 5.02 Å². The highest BCUT2D eigenvalue weighted by molar-refractivity contribution is 6.30. The Bertz CT molecular complexity index is 546. The van der Waals surface area contributed by atoms with E-state index in [9.17, 15) is 9.59 Å². The third-order valence-corrected chi connectivity index (χ3v) is 4.16. The van der Waals surface area contributed by atoms with Crippen molar-refractivity contribution >= 4 is 23.4 Å². The van der Waals surface area contributed by atoms with Gasteiger partial charge in [0.2, 0.25) is 11.8 Å². The van der Waals surface area contributed by atoms with E-state index < -0.39 is 11.6 Å². The van der Waals surface area contributed by atoms with Gasteiger partial charge in [-0.15, -0.1) is 0 Å². The van der Waals surface area contributed by atoms with Gasteiger partial charge in [-0.3, -0.25) is 9.59 Å². The van der Waals surface area contributed by atoms with E-state index in [0.717, 1.165) is 5.56 Å². The topological polar surface area (TPSA) is 49.4 Å². The third-order valence-electron chi connectivity index (χ3n) is 3.93. The molecule has 1 heterocycles. The van der Waals surface area contributed by atoms with Gasteiger partial charge < -0.3 is 10.2 Å². The number of benzene rings is 1. The van der Waals surface area contributed by atoms with Crippen molar-refractivity contribution in [2.75, 3.05) is 0 Å². The molecule has 2 rings (SSSR count). The fraction of sp³-hybridized carbons (Fsp3) is 0.467.